The summed E-state index contributed by atoms with van der Waals surface area (Å²) >= 11 is 1.81. The second-order valence-electron chi connectivity index (χ2n) is 7.59. The largest absolute Gasteiger partial charge is 0.353 e. The Morgan fingerprint density at radius 2 is 1.72 bits per heavy atom. The van der Waals surface area contributed by atoms with Crippen molar-refractivity contribution in [2.75, 3.05) is 36.0 Å². The number of nitrogens with zero attached hydrogens (tertiary/aromatic N) is 4. The molecule has 0 N–H and O–H groups in total. The highest BCUT2D eigenvalue weighted by Gasteiger charge is 2.21. The summed E-state index contributed by atoms with van der Waals surface area (Å²) in [7, 11) is 0. The van der Waals surface area contributed by atoms with Gasteiger partial charge in [-0.3, -0.25) is 0 Å². The van der Waals surface area contributed by atoms with Crippen molar-refractivity contribution in [3.63, 3.8) is 0 Å². The van der Waals surface area contributed by atoms with E-state index in [2.05, 4.69) is 65.9 Å². The first-order valence-electron chi connectivity index (χ1n) is 8.83. The number of rotatable bonds is 2. The number of piperazine rings is 1. The molecule has 0 unspecified atom stereocenters. The molecule has 1 fully saturated rings. The quantitative estimate of drug-likeness (QED) is 0.688. The van der Waals surface area contributed by atoms with Gasteiger partial charge in [-0.05, 0) is 35.2 Å². The van der Waals surface area contributed by atoms with Crippen molar-refractivity contribution in [2.45, 2.75) is 26.2 Å². The molecular formula is C20H24N4S. The van der Waals surface area contributed by atoms with Gasteiger partial charge in [0, 0.05) is 32.4 Å². The third kappa shape index (κ3) is 3.33. The minimum atomic E-state index is 0.173. The van der Waals surface area contributed by atoms with Gasteiger partial charge < -0.3 is 9.80 Å². The molecule has 1 aliphatic heterocycles. The van der Waals surface area contributed by atoms with Crippen LogP contribution in [0.3, 0.4) is 0 Å². The zero-order valence-corrected chi connectivity index (χ0v) is 15.9. The van der Waals surface area contributed by atoms with Crippen LogP contribution in [0.15, 0.2) is 42.6 Å². The van der Waals surface area contributed by atoms with Crippen molar-refractivity contribution in [3.8, 4) is 0 Å². The van der Waals surface area contributed by atoms with Gasteiger partial charge in [-0.2, -0.15) is 0 Å². The Bertz CT molecular complexity index is 858. The van der Waals surface area contributed by atoms with E-state index in [0.717, 1.165) is 42.6 Å². The maximum absolute atomic E-state index is 4.87. The molecule has 0 amide bonds. The summed E-state index contributed by atoms with van der Waals surface area (Å²) in [6.45, 7) is 10.7. The molecule has 0 spiro atoms. The second-order valence-corrected chi connectivity index (χ2v) is 8.60. The summed E-state index contributed by atoms with van der Waals surface area (Å²) < 4.78 is 1.29. The maximum atomic E-state index is 4.87. The smallest absolute Gasteiger partial charge is 0.186 e. The Morgan fingerprint density at radius 3 is 2.40 bits per heavy atom. The van der Waals surface area contributed by atoms with Crippen molar-refractivity contribution in [1.29, 1.82) is 0 Å². The van der Waals surface area contributed by atoms with Crippen LogP contribution in [0.4, 0.5) is 10.9 Å². The van der Waals surface area contributed by atoms with Gasteiger partial charge in [-0.25, -0.2) is 9.97 Å². The van der Waals surface area contributed by atoms with Gasteiger partial charge >= 0.3 is 0 Å². The van der Waals surface area contributed by atoms with Gasteiger partial charge in [0.15, 0.2) is 5.13 Å². The zero-order valence-electron chi connectivity index (χ0n) is 15.1. The number of pyridine rings is 1. The molecule has 1 aliphatic rings. The number of aromatic nitrogens is 2. The fourth-order valence-corrected chi connectivity index (χ4v) is 4.24. The molecule has 4 rings (SSSR count). The van der Waals surface area contributed by atoms with Crippen LogP contribution in [0, 0.1) is 0 Å². The summed E-state index contributed by atoms with van der Waals surface area (Å²) in [4.78, 5) is 14.1. The topological polar surface area (TPSA) is 32.3 Å². The molecule has 1 saturated heterocycles. The molecule has 130 valence electrons. The first kappa shape index (κ1) is 16.3. The van der Waals surface area contributed by atoms with Gasteiger partial charge in [0.2, 0.25) is 0 Å². The zero-order chi connectivity index (χ0) is 17.4. The third-order valence-electron chi connectivity index (χ3n) is 4.77. The number of hydrogen-bond acceptors (Lipinski definition) is 5. The SMILES string of the molecule is CC(C)(C)c1ccc2nc(N3CCN(c4ccccn4)CC3)sc2c1. The van der Waals surface area contributed by atoms with Crippen LogP contribution in [0.1, 0.15) is 26.3 Å². The van der Waals surface area contributed by atoms with Crippen LogP contribution in [0.5, 0.6) is 0 Å². The molecule has 0 bridgehead atoms. The van der Waals surface area contributed by atoms with Gasteiger partial charge in [-0.15, -0.1) is 0 Å². The maximum Gasteiger partial charge on any atom is 0.186 e. The van der Waals surface area contributed by atoms with E-state index in [1.54, 1.807) is 0 Å². The fourth-order valence-electron chi connectivity index (χ4n) is 3.18. The number of thiazole rings is 1. The Balaban J connectivity index is 1.51. The van der Waals surface area contributed by atoms with E-state index in [1.807, 2.05) is 23.6 Å². The second kappa shape index (κ2) is 6.30. The molecule has 3 aromatic rings. The van der Waals surface area contributed by atoms with Gasteiger partial charge in [0.05, 0.1) is 10.2 Å². The number of fused-ring (bicyclic) bond motifs is 1. The Morgan fingerprint density at radius 1 is 0.960 bits per heavy atom. The first-order valence-corrected chi connectivity index (χ1v) is 9.64. The minimum absolute atomic E-state index is 0.173. The average molecular weight is 353 g/mol. The van der Waals surface area contributed by atoms with Crippen molar-refractivity contribution in [3.05, 3.63) is 48.2 Å². The number of anilines is 2. The highest BCUT2D eigenvalue weighted by atomic mass is 32.1. The Labute approximate surface area is 153 Å². The monoisotopic (exact) mass is 352 g/mol. The molecule has 0 atom stereocenters. The Hall–Kier alpha value is -2.14. The van der Waals surface area contributed by atoms with E-state index in [9.17, 15) is 0 Å². The van der Waals surface area contributed by atoms with E-state index in [4.69, 9.17) is 4.98 Å². The molecule has 5 heteroatoms. The van der Waals surface area contributed by atoms with Gasteiger partial charge in [0.25, 0.3) is 0 Å². The summed E-state index contributed by atoms with van der Waals surface area (Å²) in [6, 6.07) is 12.8. The molecule has 2 aromatic heterocycles. The lowest BCUT2D eigenvalue weighted by Crippen LogP contribution is -2.46. The minimum Gasteiger partial charge on any atom is -0.353 e. The van der Waals surface area contributed by atoms with E-state index >= 15 is 0 Å². The van der Waals surface area contributed by atoms with Crippen LogP contribution in [-0.4, -0.2) is 36.1 Å². The van der Waals surface area contributed by atoms with Gasteiger partial charge in [0.1, 0.15) is 5.82 Å². The fraction of sp³-hybridized carbons (Fsp3) is 0.400. The Kier molecular flexibility index (Phi) is 4.12. The summed E-state index contributed by atoms with van der Waals surface area (Å²) in [5.74, 6) is 1.07. The van der Waals surface area contributed by atoms with Crippen LogP contribution in [0.25, 0.3) is 10.2 Å². The number of hydrogen-bond donors (Lipinski definition) is 0. The molecule has 3 heterocycles. The van der Waals surface area contributed by atoms with E-state index in [1.165, 1.54) is 10.3 Å². The molecule has 0 radical (unpaired) electrons. The predicted octanol–water partition coefficient (Wildman–Crippen LogP) is 4.32. The molecule has 0 aliphatic carbocycles. The van der Waals surface area contributed by atoms with Crippen LogP contribution in [0.2, 0.25) is 0 Å². The first-order chi connectivity index (χ1) is 12.0. The molecular weight excluding hydrogens is 328 g/mol. The van der Waals surface area contributed by atoms with Crippen LogP contribution >= 0.6 is 11.3 Å². The van der Waals surface area contributed by atoms with Crippen molar-refractivity contribution < 1.29 is 0 Å². The third-order valence-corrected chi connectivity index (χ3v) is 5.85. The standard InChI is InChI=1S/C20H24N4S/c1-20(2,3)15-7-8-16-17(14-15)25-19(22-16)24-12-10-23(11-13-24)18-6-4-5-9-21-18/h4-9,14H,10-13H2,1-3H3. The van der Waals surface area contributed by atoms with Crippen LogP contribution in [-0.2, 0) is 5.41 Å². The predicted molar refractivity (Wildman–Crippen MR) is 107 cm³/mol. The highest BCUT2D eigenvalue weighted by Crippen LogP contribution is 2.33. The summed E-state index contributed by atoms with van der Waals surface area (Å²) in [5.41, 5.74) is 2.66. The van der Waals surface area contributed by atoms with Crippen LogP contribution < -0.4 is 9.80 Å². The normalized spacial score (nSPS) is 15.8. The lowest BCUT2D eigenvalue weighted by Gasteiger charge is -2.35. The molecule has 0 saturated carbocycles. The lowest BCUT2D eigenvalue weighted by atomic mass is 9.87. The van der Waals surface area contributed by atoms with Crippen molar-refractivity contribution in [2.24, 2.45) is 0 Å². The lowest BCUT2D eigenvalue weighted by molar-refractivity contribution is 0.591. The van der Waals surface area contributed by atoms with E-state index < -0.39 is 0 Å². The summed E-state index contributed by atoms with van der Waals surface area (Å²) in [6.07, 6.45) is 1.86. The van der Waals surface area contributed by atoms with E-state index in [-0.39, 0.29) is 5.41 Å². The van der Waals surface area contributed by atoms with Gasteiger partial charge in [-0.1, -0.05) is 44.2 Å². The summed E-state index contributed by atoms with van der Waals surface area (Å²) in [5, 5.41) is 1.14. The van der Waals surface area contributed by atoms with Crippen molar-refractivity contribution in [1.82, 2.24) is 9.97 Å². The molecule has 4 nitrogen and oxygen atoms in total. The highest BCUT2D eigenvalue weighted by molar-refractivity contribution is 7.22. The molecule has 25 heavy (non-hydrogen) atoms. The average Bonchev–Trinajstić information content (AvgIpc) is 3.05. The van der Waals surface area contributed by atoms with Crippen molar-refractivity contribution >= 4 is 32.5 Å². The van der Waals surface area contributed by atoms with E-state index in [0.29, 0.717) is 0 Å². The number of benzene rings is 1. The molecule has 1 aromatic carbocycles.